The van der Waals surface area contributed by atoms with Gasteiger partial charge < -0.3 is 19.1 Å². The molecule has 160 valence electrons. The predicted octanol–water partition coefficient (Wildman–Crippen LogP) is 6.03. The molecule has 1 unspecified atom stereocenters. The van der Waals surface area contributed by atoms with Crippen LogP contribution < -0.4 is 4.74 Å². The van der Waals surface area contributed by atoms with E-state index in [1.807, 2.05) is 0 Å². The highest BCUT2D eigenvalue weighted by atomic mass is 35.5. The van der Waals surface area contributed by atoms with Gasteiger partial charge in [-0.2, -0.15) is 13.2 Å². The number of ether oxygens (including phenoxy) is 2. The van der Waals surface area contributed by atoms with Crippen LogP contribution in [0.4, 0.5) is 17.6 Å². The Hall–Kier alpha value is -1.68. The number of hydrogen-bond donors (Lipinski definition) is 1. The Balaban J connectivity index is 2.72. The van der Waals surface area contributed by atoms with Crippen LogP contribution in [0, 0.1) is 5.82 Å². The fourth-order valence-corrected chi connectivity index (χ4v) is 3.63. The molecule has 2 rings (SSSR count). The third-order valence-electron chi connectivity index (χ3n) is 4.22. The largest absolute Gasteiger partial charge is 0.476 e. The molecular formula is C17H14Cl3F4NO4. The highest BCUT2D eigenvalue weighted by molar-refractivity contribution is 6.40. The lowest BCUT2D eigenvalue weighted by molar-refractivity contribution is -0.204. The molecule has 1 aromatic heterocycles. The minimum Gasteiger partial charge on any atom is -0.476 e. The van der Waals surface area contributed by atoms with Gasteiger partial charge in [-0.15, -0.1) is 0 Å². The molecule has 0 amide bonds. The number of alkyl halides is 3. The summed E-state index contributed by atoms with van der Waals surface area (Å²) < 4.78 is 65.3. The van der Waals surface area contributed by atoms with Crippen LogP contribution >= 0.6 is 34.8 Å². The predicted molar refractivity (Wildman–Crippen MR) is 99.1 cm³/mol. The molecule has 0 saturated heterocycles. The van der Waals surface area contributed by atoms with E-state index < -0.39 is 50.7 Å². The monoisotopic (exact) mass is 477 g/mol. The topological polar surface area (TPSA) is 60.7 Å². The highest BCUT2D eigenvalue weighted by Gasteiger charge is 2.42. The van der Waals surface area contributed by atoms with Crippen LogP contribution in [0.1, 0.15) is 19.0 Å². The molecule has 29 heavy (non-hydrogen) atoms. The summed E-state index contributed by atoms with van der Waals surface area (Å²) >= 11 is 17.8. The number of hydrogen-bond acceptors (Lipinski definition) is 3. The fraction of sp³-hybridized carbons (Fsp3) is 0.353. The number of benzene rings is 1. The van der Waals surface area contributed by atoms with Crippen LogP contribution in [0.3, 0.4) is 0 Å². The van der Waals surface area contributed by atoms with Crippen LogP contribution in [0.25, 0.3) is 11.1 Å². The van der Waals surface area contributed by atoms with Crippen molar-refractivity contribution in [3.05, 3.63) is 38.8 Å². The molecular weight excluding hydrogens is 465 g/mol. The van der Waals surface area contributed by atoms with Gasteiger partial charge in [0.2, 0.25) is 0 Å². The zero-order chi connectivity index (χ0) is 22.3. The zero-order valence-corrected chi connectivity index (χ0v) is 17.4. The van der Waals surface area contributed by atoms with Crippen molar-refractivity contribution in [2.75, 3.05) is 7.11 Å². The molecule has 1 aromatic carbocycles. The summed E-state index contributed by atoms with van der Waals surface area (Å²) in [6.07, 6.45) is -5.01. The van der Waals surface area contributed by atoms with E-state index in [9.17, 15) is 27.5 Å². The average Bonchev–Trinajstić information content (AvgIpc) is 2.83. The molecule has 0 aliphatic carbocycles. The summed E-state index contributed by atoms with van der Waals surface area (Å²) in [7, 11) is 2.10. The molecule has 0 radical (unpaired) electrons. The van der Waals surface area contributed by atoms with Crippen molar-refractivity contribution in [3.63, 3.8) is 0 Å². The normalized spacial score (nSPS) is 14.0. The van der Waals surface area contributed by atoms with E-state index in [0.717, 1.165) is 26.3 Å². The van der Waals surface area contributed by atoms with E-state index in [1.54, 1.807) is 0 Å². The third-order valence-corrected chi connectivity index (χ3v) is 5.32. The Bertz CT molecular complexity index is 955. The van der Waals surface area contributed by atoms with E-state index in [-0.39, 0.29) is 17.2 Å². The highest BCUT2D eigenvalue weighted by Crippen LogP contribution is 2.47. The number of carbonyl (C=O) groups is 1. The molecule has 0 bridgehead atoms. The van der Waals surface area contributed by atoms with Crippen LogP contribution in [-0.2, 0) is 22.8 Å². The Morgan fingerprint density at radius 3 is 2.24 bits per heavy atom. The smallest absolute Gasteiger partial charge is 0.432 e. The Morgan fingerprint density at radius 1 is 1.24 bits per heavy atom. The maximum atomic E-state index is 14.6. The quantitative estimate of drug-likeness (QED) is 0.407. The van der Waals surface area contributed by atoms with Crippen molar-refractivity contribution in [2.45, 2.75) is 25.3 Å². The first-order chi connectivity index (χ1) is 13.3. The number of carboxylic acid groups (broad SMARTS) is 1. The first-order valence-electron chi connectivity index (χ1n) is 7.88. The van der Waals surface area contributed by atoms with Gasteiger partial charge >= 0.3 is 17.9 Å². The SMILES string of the molecule is CCC(OC)(Oc1cc(-c2c(Cl)c(C(F)(F)F)n(C)c2Cl)c(F)cc1Cl)C(=O)O. The van der Waals surface area contributed by atoms with Gasteiger partial charge in [-0.25, -0.2) is 9.18 Å². The Labute approximate surface area is 177 Å². The second-order valence-electron chi connectivity index (χ2n) is 5.87. The van der Waals surface area contributed by atoms with Crippen LogP contribution in [0.2, 0.25) is 15.2 Å². The number of aromatic nitrogens is 1. The Morgan fingerprint density at radius 2 is 1.83 bits per heavy atom. The van der Waals surface area contributed by atoms with Crippen molar-refractivity contribution in [2.24, 2.45) is 7.05 Å². The number of methoxy groups -OCH3 is 1. The van der Waals surface area contributed by atoms with Crippen LogP contribution in [0.15, 0.2) is 12.1 Å². The summed E-state index contributed by atoms with van der Waals surface area (Å²) in [5.41, 5.74) is -2.18. The molecule has 0 aliphatic heterocycles. The van der Waals surface area contributed by atoms with Crippen molar-refractivity contribution < 1.29 is 36.9 Å². The minimum absolute atomic E-state index is 0.160. The molecule has 1 N–H and O–H groups in total. The number of halogens is 7. The first kappa shape index (κ1) is 23.6. The van der Waals surface area contributed by atoms with E-state index in [4.69, 9.17) is 44.3 Å². The molecule has 5 nitrogen and oxygen atoms in total. The lowest BCUT2D eigenvalue weighted by atomic mass is 10.1. The summed E-state index contributed by atoms with van der Waals surface area (Å²) in [6, 6.07) is 1.66. The summed E-state index contributed by atoms with van der Waals surface area (Å²) in [4.78, 5) is 11.5. The second kappa shape index (κ2) is 8.22. The third kappa shape index (κ3) is 4.14. The summed E-state index contributed by atoms with van der Waals surface area (Å²) in [5, 5.41) is 7.75. The van der Waals surface area contributed by atoms with Crippen molar-refractivity contribution >= 4 is 40.8 Å². The molecule has 0 spiro atoms. The van der Waals surface area contributed by atoms with E-state index in [0.29, 0.717) is 4.57 Å². The number of carboxylic acids is 1. The molecule has 0 aliphatic rings. The van der Waals surface area contributed by atoms with Gasteiger partial charge in [-0.05, 0) is 12.1 Å². The van der Waals surface area contributed by atoms with Gasteiger partial charge in [0.25, 0.3) is 0 Å². The average molecular weight is 479 g/mol. The first-order valence-corrected chi connectivity index (χ1v) is 9.01. The molecule has 0 fully saturated rings. The fourth-order valence-electron chi connectivity index (χ4n) is 2.68. The maximum Gasteiger partial charge on any atom is 0.432 e. The number of nitrogens with zero attached hydrogens (tertiary/aromatic N) is 1. The van der Waals surface area contributed by atoms with Gasteiger partial charge in [0.1, 0.15) is 22.4 Å². The minimum atomic E-state index is -4.85. The molecule has 1 atom stereocenters. The molecule has 2 aromatic rings. The van der Waals surface area contributed by atoms with Crippen molar-refractivity contribution in [1.29, 1.82) is 0 Å². The summed E-state index contributed by atoms with van der Waals surface area (Å²) in [6.45, 7) is 1.45. The van der Waals surface area contributed by atoms with Gasteiger partial charge in [0, 0.05) is 31.7 Å². The molecule has 1 heterocycles. The molecule has 12 heteroatoms. The van der Waals surface area contributed by atoms with Gasteiger partial charge in [0.05, 0.1) is 10.0 Å². The van der Waals surface area contributed by atoms with Gasteiger partial charge in [-0.1, -0.05) is 41.7 Å². The van der Waals surface area contributed by atoms with Crippen LogP contribution in [-0.4, -0.2) is 28.5 Å². The number of rotatable bonds is 6. The van der Waals surface area contributed by atoms with Crippen molar-refractivity contribution in [3.8, 4) is 16.9 Å². The maximum absolute atomic E-state index is 14.6. The van der Waals surface area contributed by atoms with Gasteiger partial charge in [0.15, 0.2) is 0 Å². The molecule has 0 saturated carbocycles. The Kier molecular flexibility index (Phi) is 6.69. The zero-order valence-electron chi connectivity index (χ0n) is 15.1. The van der Waals surface area contributed by atoms with Gasteiger partial charge in [-0.3, -0.25) is 0 Å². The second-order valence-corrected chi connectivity index (χ2v) is 7.01. The lowest BCUT2D eigenvalue weighted by Crippen LogP contribution is -2.46. The summed E-state index contributed by atoms with van der Waals surface area (Å²) in [5.74, 6) is -5.03. The lowest BCUT2D eigenvalue weighted by Gasteiger charge is -2.28. The standard InChI is InChI=1S/C17H14Cl3F4NO4/c1-4-16(28-3,15(26)27)29-10-5-7(9(21)6-8(10)18)11-12(19)13(17(22,23)24)25(2)14(11)20/h5-6H,4H2,1-3H3,(H,26,27). The van der Waals surface area contributed by atoms with E-state index >= 15 is 0 Å². The number of aliphatic carboxylic acids is 1. The van der Waals surface area contributed by atoms with E-state index in [1.165, 1.54) is 6.92 Å². The van der Waals surface area contributed by atoms with E-state index in [2.05, 4.69) is 0 Å². The van der Waals surface area contributed by atoms with Crippen LogP contribution in [0.5, 0.6) is 5.75 Å². The van der Waals surface area contributed by atoms with Crippen molar-refractivity contribution in [1.82, 2.24) is 4.57 Å².